The van der Waals surface area contributed by atoms with Gasteiger partial charge in [-0.25, -0.2) is 4.79 Å². The van der Waals surface area contributed by atoms with Crippen molar-refractivity contribution in [2.24, 2.45) is 22.7 Å². The number of fused-ring (bicyclic) bond motifs is 5. The van der Waals surface area contributed by atoms with Gasteiger partial charge in [-0.2, -0.15) is 0 Å². The van der Waals surface area contributed by atoms with Gasteiger partial charge in [-0.1, -0.05) is 34.1 Å². The maximum absolute atomic E-state index is 13.2. The van der Waals surface area contributed by atoms with Gasteiger partial charge in [0.2, 0.25) is 0 Å². The van der Waals surface area contributed by atoms with Gasteiger partial charge in [-0.05, 0) is 123 Å². The highest BCUT2D eigenvalue weighted by molar-refractivity contribution is 7.43. The molecule has 3 aliphatic rings. The molecule has 4 rings (SSSR count). The zero-order valence-electron chi connectivity index (χ0n) is 23.9. The molecule has 1 aromatic carbocycles. The number of ether oxygens (including phenoxy) is 1. The topological polar surface area (TPSA) is 111 Å². The van der Waals surface area contributed by atoms with Gasteiger partial charge in [0.05, 0.1) is 13.9 Å². The first-order valence-electron chi connectivity index (χ1n) is 13.7. The van der Waals surface area contributed by atoms with Crippen molar-refractivity contribution in [3.63, 3.8) is 0 Å². The van der Waals surface area contributed by atoms with Crippen LogP contribution in [-0.4, -0.2) is 25.2 Å². The number of hydrogen-bond donors (Lipinski definition) is 1. The molecule has 1 N–H and O–H groups in total. The van der Waals surface area contributed by atoms with E-state index in [2.05, 4.69) is 44.5 Å². The maximum atomic E-state index is 13.2. The first-order valence-corrected chi connectivity index (χ1v) is 15.2. The lowest BCUT2D eigenvalue weighted by atomic mass is 9.43. The van der Waals surface area contributed by atoms with Crippen LogP contribution < -0.4 is 19.8 Å². The Morgan fingerprint density at radius 2 is 1.68 bits per heavy atom. The number of phosphoric acid groups is 1. The van der Waals surface area contributed by atoms with E-state index in [0.29, 0.717) is 23.0 Å². The summed E-state index contributed by atoms with van der Waals surface area (Å²) in [7, 11) is -3.74. The van der Waals surface area contributed by atoms with Gasteiger partial charge in [0, 0.05) is 0 Å². The molecule has 1 aromatic rings. The van der Waals surface area contributed by atoms with E-state index in [4.69, 9.17) is 4.74 Å². The molecule has 3 aliphatic carbocycles. The third kappa shape index (κ3) is 4.63. The first-order chi connectivity index (χ1) is 17.0. The summed E-state index contributed by atoms with van der Waals surface area (Å²) in [4.78, 5) is 35.4. The summed E-state index contributed by atoms with van der Waals surface area (Å²) in [5, 5.41) is 2.74. The average molecular weight is 534 g/mol. The largest absolute Gasteiger partial charge is 0.790 e. The monoisotopic (exact) mass is 533 g/mol. The van der Waals surface area contributed by atoms with Crippen LogP contribution in [0.5, 0.6) is 5.75 Å². The van der Waals surface area contributed by atoms with Crippen molar-refractivity contribution in [3.05, 3.63) is 27.8 Å². The quantitative estimate of drug-likeness (QED) is 0.328. The van der Waals surface area contributed by atoms with E-state index in [0.717, 1.165) is 17.5 Å². The molecule has 0 aliphatic heterocycles. The molecule has 4 unspecified atom stereocenters. The van der Waals surface area contributed by atoms with Crippen molar-refractivity contribution in [1.29, 1.82) is 0 Å². The molecule has 2 saturated carbocycles. The molecule has 6 atom stereocenters. The van der Waals surface area contributed by atoms with E-state index in [9.17, 15) is 19.1 Å². The maximum Gasteiger partial charge on any atom is 0.331 e. The molecule has 2 fully saturated rings. The Balaban J connectivity index is 1.71. The summed E-state index contributed by atoms with van der Waals surface area (Å²) >= 11 is 0. The lowest BCUT2D eigenvalue weighted by Gasteiger charge is -2.61. The van der Waals surface area contributed by atoms with Crippen molar-refractivity contribution in [2.75, 3.05) is 7.05 Å². The molecule has 0 amide bonds. The second kappa shape index (κ2) is 9.45. The summed E-state index contributed by atoms with van der Waals surface area (Å²) in [6, 6.07) is -1.10. The third-order valence-electron chi connectivity index (χ3n) is 10.7. The van der Waals surface area contributed by atoms with Crippen molar-refractivity contribution in [3.8, 4) is 5.75 Å². The molecule has 0 radical (unpaired) electrons. The average Bonchev–Trinajstić information content (AvgIpc) is 3.08. The van der Waals surface area contributed by atoms with Crippen LogP contribution in [-0.2, 0) is 25.7 Å². The van der Waals surface area contributed by atoms with Crippen LogP contribution in [0.1, 0.15) is 94.5 Å². The number of likely N-dealkylation sites (N-methyl/N-ethyl adjacent to an activating group) is 1. The lowest BCUT2D eigenvalue weighted by molar-refractivity contribution is -0.344. The van der Waals surface area contributed by atoms with Gasteiger partial charge in [-0.15, -0.1) is 0 Å². The number of phosphoric ester groups is 1. The van der Waals surface area contributed by atoms with Crippen LogP contribution in [0, 0.1) is 43.4 Å². The molecule has 0 aromatic heterocycles. The molecular weight excluding hydrogens is 489 g/mol. The highest BCUT2D eigenvalue weighted by atomic mass is 31.2. The fourth-order valence-corrected chi connectivity index (χ4v) is 9.48. The van der Waals surface area contributed by atoms with Gasteiger partial charge >= 0.3 is 5.97 Å². The van der Waals surface area contributed by atoms with Crippen LogP contribution in [0.3, 0.4) is 0 Å². The summed E-state index contributed by atoms with van der Waals surface area (Å²) in [5.41, 5.74) is 6.56. The summed E-state index contributed by atoms with van der Waals surface area (Å²) in [5.74, 6) is 1.11. The fraction of sp³-hybridized carbons (Fsp3) is 0.759. The van der Waals surface area contributed by atoms with E-state index in [-0.39, 0.29) is 10.8 Å². The normalized spacial score (nSPS) is 32.2. The second-order valence-corrected chi connectivity index (χ2v) is 14.2. The number of hydrogen-bond acceptors (Lipinski definition) is 7. The van der Waals surface area contributed by atoms with Crippen molar-refractivity contribution >= 4 is 13.8 Å². The molecule has 208 valence electrons. The number of rotatable bonds is 6. The highest BCUT2D eigenvalue weighted by Gasteiger charge is 2.61. The smallest absolute Gasteiger partial charge is 0.331 e. The Kier molecular flexibility index (Phi) is 7.34. The Labute approximate surface area is 222 Å². The van der Waals surface area contributed by atoms with E-state index in [1.807, 2.05) is 13.8 Å². The zero-order chi connectivity index (χ0) is 27.7. The van der Waals surface area contributed by atoms with E-state index >= 15 is 0 Å². The molecule has 7 nitrogen and oxygen atoms in total. The van der Waals surface area contributed by atoms with Crippen LogP contribution in [0.4, 0.5) is 0 Å². The van der Waals surface area contributed by atoms with E-state index in [1.54, 1.807) is 0 Å². The number of carbonyl (C=O) groups is 1. The van der Waals surface area contributed by atoms with Gasteiger partial charge in [0.15, 0.2) is 0 Å². The van der Waals surface area contributed by atoms with Crippen molar-refractivity contribution in [2.45, 2.75) is 111 Å². The predicted octanol–water partition coefficient (Wildman–Crippen LogP) is 4.40. The number of benzene rings is 1. The molecule has 8 heteroatoms. The summed E-state index contributed by atoms with van der Waals surface area (Å²) < 4.78 is 21.6. The number of carbonyl (C=O) groups excluding carboxylic acids is 1. The van der Waals surface area contributed by atoms with Crippen LogP contribution in [0.25, 0.3) is 0 Å². The highest BCUT2D eigenvalue weighted by Crippen LogP contribution is 2.68. The zero-order valence-corrected chi connectivity index (χ0v) is 24.8. The number of nitrogens with one attached hydrogen (secondary N) is 1. The molecule has 37 heavy (non-hydrogen) atoms. The van der Waals surface area contributed by atoms with Crippen molar-refractivity contribution < 1.29 is 28.4 Å². The van der Waals surface area contributed by atoms with E-state index in [1.165, 1.54) is 62.8 Å². The summed E-state index contributed by atoms with van der Waals surface area (Å²) in [6.07, 6.45) is 6.04. The Hall–Kier alpha value is -1.24. The minimum atomic E-state index is -5.25. The van der Waals surface area contributed by atoms with E-state index < -0.39 is 25.9 Å². The van der Waals surface area contributed by atoms with Gasteiger partial charge in [0.1, 0.15) is 11.8 Å². The predicted molar refractivity (Wildman–Crippen MR) is 140 cm³/mol. The van der Waals surface area contributed by atoms with Crippen LogP contribution in [0.15, 0.2) is 0 Å². The molecule has 0 bridgehead atoms. The Morgan fingerprint density at radius 1 is 1.03 bits per heavy atom. The number of esters is 1. The Bertz CT molecular complexity index is 1140. The molecule has 0 spiro atoms. The molecule has 0 heterocycles. The fourth-order valence-electron chi connectivity index (χ4n) is 8.96. The molecular formula is C29H44NO6P-2. The van der Waals surface area contributed by atoms with Crippen LogP contribution >= 0.6 is 7.82 Å². The third-order valence-corrected chi connectivity index (χ3v) is 11.3. The minimum Gasteiger partial charge on any atom is -0.790 e. The Morgan fingerprint density at radius 3 is 2.27 bits per heavy atom. The van der Waals surface area contributed by atoms with Gasteiger partial charge in [-0.3, -0.25) is 0 Å². The SMILES string of the molecule is CNC(C(=O)Oc1c(C)c(C)c2c(c1C)C[C@H]1C2(C)CCC2C(C)(C)CCC[C@@]21C)C(C)OP(=O)([O-])[O-]. The lowest BCUT2D eigenvalue weighted by Crippen LogP contribution is -2.55. The van der Waals surface area contributed by atoms with Gasteiger partial charge in [0.25, 0.3) is 0 Å². The summed E-state index contributed by atoms with van der Waals surface area (Å²) in [6.45, 7) is 17.5. The minimum absolute atomic E-state index is 0.0927. The van der Waals surface area contributed by atoms with Gasteiger partial charge < -0.3 is 28.9 Å². The standard InChI is InChI=1S/C29H46NO6P/c1-16-17(2)25(35-26(31)24(30-9)19(4)36-37(32,33)34)18(3)20-15-22-28(7)13-10-12-27(5,6)21(28)11-14-29(22,8)23(16)20/h19,21-22,24,30H,10-15H2,1-9H3,(H2,32,33,34)/p-2/t19?,21?,22-,24?,28+,29?/m1/s1. The first kappa shape index (κ1) is 28.8. The second-order valence-electron chi connectivity index (χ2n) is 13.1. The molecule has 0 saturated heterocycles. The van der Waals surface area contributed by atoms with Crippen LogP contribution in [0.2, 0.25) is 0 Å². The van der Waals surface area contributed by atoms with Crippen molar-refractivity contribution in [1.82, 2.24) is 5.32 Å².